The molecule has 0 aliphatic heterocycles. The van der Waals surface area contributed by atoms with Gasteiger partial charge < -0.3 is 9.84 Å². The number of carbonyl (C=O) groups excluding carboxylic acids is 1. The van der Waals surface area contributed by atoms with Crippen molar-refractivity contribution in [1.29, 1.82) is 0 Å². The van der Waals surface area contributed by atoms with E-state index in [4.69, 9.17) is 4.52 Å². The van der Waals surface area contributed by atoms with Crippen LogP contribution in [-0.4, -0.2) is 31.3 Å². The largest absolute Gasteiger partial charge is 0.360 e. The molecule has 3 aromatic rings. The zero-order valence-electron chi connectivity index (χ0n) is 11.5. The zero-order valence-corrected chi connectivity index (χ0v) is 11.5. The van der Waals surface area contributed by atoms with Gasteiger partial charge in [0, 0.05) is 11.6 Å². The first-order valence-corrected chi connectivity index (χ1v) is 6.37. The average Bonchev–Trinajstić information content (AvgIpc) is 3.08. The fraction of sp³-hybridized carbons (Fsp3) is 0.154. The monoisotopic (exact) mass is 302 g/mol. The number of carbonyl (C=O) groups is 1. The normalized spacial score (nSPS) is 10.6. The minimum Gasteiger partial charge on any atom is -0.360 e. The number of nitrogens with zero attached hydrogens (tertiary/aromatic N) is 5. The van der Waals surface area contributed by atoms with Gasteiger partial charge in [-0.3, -0.25) is 4.79 Å². The maximum atomic E-state index is 13.2. The van der Waals surface area contributed by atoms with Crippen LogP contribution in [0.15, 0.2) is 34.9 Å². The highest BCUT2D eigenvalue weighted by Crippen LogP contribution is 2.14. The number of benzene rings is 1. The van der Waals surface area contributed by atoms with Crippen molar-refractivity contribution in [2.75, 3.05) is 5.32 Å². The van der Waals surface area contributed by atoms with E-state index in [1.54, 1.807) is 25.1 Å². The smallest absolute Gasteiger partial charge is 0.249 e. The van der Waals surface area contributed by atoms with E-state index in [-0.39, 0.29) is 18.3 Å². The molecule has 0 aliphatic rings. The molecule has 22 heavy (non-hydrogen) atoms. The first-order valence-electron chi connectivity index (χ1n) is 6.37. The second-order valence-electron chi connectivity index (χ2n) is 4.52. The predicted molar refractivity (Wildman–Crippen MR) is 73.1 cm³/mol. The number of aromatic nitrogens is 5. The molecule has 3 rings (SSSR count). The van der Waals surface area contributed by atoms with Gasteiger partial charge in [-0.05, 0) is 24.3 Å². The Labute approximate surface area is 123 Å². The third kappa shape index (κ3) is 3.14. The van der Waals surface area contributed by atoms with E-state index in [0.29, 0.717) is 17.1 Å². The Bertz CT molecular complexity index is 812. The molecule has 1 amide bonds. The van der Waals surface area contributed by atoms with Crippen molar-refractivity contribution in [1.82, 2.24) is 25.4 Å². The topological polar surface area (TPSA) is 98.7 Å². The SMILES string of the molecule is Cc1cc(NC(=O)Cn2nnc(-c3cccc(F)c3)n2)no1. The molecule has 0 saturated carbocycles. The van der Waals surface area contributed by atoms with E-state index in [2.05, 4.69) is 25.9 Å². The van der Waals surface area contributed by atoms with Crippen LogP contribution in [0.1, 0.15) is 5.76 Å². The van der Waals surface area contributed by atoms with Crippen LogP contribution in [0.25, 0.3) is 11.4 Å². The Morgan fingerprint density at radius 1 is 1.41 bits per heavy atom. The fourth-order valence-corrected chi connectivity index (χ4v) is 1.79. The quantitative estimate of drug-likeness (QED) is 0.782. The molecule has 8 nitrogen and oxygen atoms in total. The van der Waals surface area contributed by atoms with Crippen LogP contribution in [0.2, 0.25) is 0 Å². The molecular formula is C13H11FN6O2. The first kappa shape index (κ1) is 13.9. The van der Waals surface area contributed by atoms with Gasteiger partial charge in [0.05, 0.1) is 0 Å². The number of aryl methyl sites for hydroxylation is 1. The summed E-state index contributed by atoms with van der Waals surface area (Å²) in [5, 5.41) is 17.8. The van der Waals surface area contributed by atoms with E-state index in [1.165, 1.54) is 12.1 Å². The summed E-state index contributed by atoms with van der Waals surface area (Å²) in [7, 11) is 0. The number of hydrogen-bond acceptors (Lipinski definition) is 6. The van der Waals surface area contributed by atoms with Crippen LogP contribution in [0.4, 0.5) is 10.2 Å². The van der Waals surface area contributed by atoms with Crippen LogP contribution in [-0.2, 0) is 11.3 Å². The molecule has 0 fully saturated rings. The average molecular weight is 302 g/mol. The van der Waals surface area contributed by atoms with E-state index >= 15 is 0 Å². The van der Waals surface area contributed by atoms with Gasteiger partial charge in [0.25, 0.3) is 0 Å². The Morgan fingerprint density at radius 3 is 3.00 bits per heavy atom. The number of rotatable bonds is 4. The molecule has 0 atom stereocenters. The summed E-state index contributed by atoms with van der Waals surface area (Å²) in [4.78, 5) is 12.9. The minimum atomic E-state index is -0.395. The first-order chi connectivity index (χ1) is 10.6. The Balaban J connectivity index is 1.67. The molecule has 0 saturated heterocycles. The van der Waals surface area contributed by atoms with Gasteiger partial charge in [-0.2, -0.15) is 4.80 Å². The van der Waals surface area contributed by atoms with Crippen LogP contribution in [0.5, 0.6) is 0 Å². The molecule has 0 spiro atoms. The standard InChI is InChI=1S/C13H11FN6O2/c1-8-5-11(18-22-8)15-12(21)7-20-17-13(16-19-20)9-3-2-4-10(14)6-9/h2-6H,7H2,1H3,(H,15,18,21). The van der Waals surface area contributed by atoms with Gasteiger partial charge in [0.15, 0.2) is 5.82 Å². The van der Waals surface area contributed by atoms with E-state index in [9.17, 15) is 9.18 Å². The number of amides is 1. The maximum absolute atomic E-state index is 13.2. The van der Waals surface area contributed by atoms with Crippen LogP contribution >= 0.6 is 0 Å². The number of nitrogens with one attached hydrogen (secondary N) is 1. The molecule has 1 aromatic carbocycles. The molecular weight excluding hydrogens is 291 g/mol. The van der Waals surface area contributed by atoms with E-state index in [0.717, 1.165) is 4.80 Å². The lowest BCUT2D eigenvalue weighted by molar-refractivity contribution is -0.117. The molecule has 9 heteroatoms. The summed E-state index contributed by atoms with van der Waals surface area (Å²) in [5.41, 5.74) is 0.485. The van der Waals surface area contributed by atoms with E-state index < -0.39 is 5.82 Å². The highest BCUT2D eigenvalue weighted by atomic mass is 19.1. The van der Waals surface area contributed by atoms with Crippen molar-refractivity contribution in [3.8, 4) is 11.4 Å². The Kier molecular flexibility index (Phi) is 3.60. The number of halogens is 1. The highest BCUT2D eigenvalue weighted by molar-refractivity contribution is 5.89. The molecule has 2 heterocycles. The van der Waals surface area contributed by atoms with Crippen molar-refractivity contribution in [3.05, 3.63) is 41.9 Å². The van der Waals surface area contributed by atoms with Gasteiger partial charge in [0.2, 0.25) is 11.7 Å². The Morgan fingerprint density at radius 2 is 2.27 bits per heavy atom. The summed E-state index contributed by atoms with van der Waals surface area (Å²) in [6, 6.07) is 7.40. The number of tetrazole rings is 1. The number of hydrogen-bond donors (Lipinski definition) is 1. The minimum absolute atomic E-state index is 0.145. The lowest BCUT2D eigenvalue weighted by Gasteiger charge is -1.99. The molecule has 112 valence electrons. The highest BCUT2D eigenvalue weighted by Gasteiger charge is 2.11. The fourth-order valence-electron chi connectivity index (χ4n) is 1.79. The zero-order chi connectivity index (χ0) is 15.5. The van der Waals surface area contributed by atoms with Gasteiger partial charge >= 0.3 is 0 Å². The van der Waals surface area contributed by atoms with Crippen LogP contribution in [0.3, 0.4) is 0 Å². The molecule has 0 radical (unpaired) electrons. The van der Waals surface area contributed by atoms with Gasteiger partial charge in [0.1, 0.15) is 18.1 Å². The summed E-state index contributed by atoms with van der Waals surface area (Å²) in [6.45, 7) is 1.57. The molecule has 2 aromatic heterocycles. The third-order valence-electron chi connectivity index (χ3n) is 2.72. The summed E-state index contributed by atoms with van der Waals surface area (Å²) < 4.78 is 18.0. The van der Waals surface area contributed by atoms with Crippen LogP contribution < -0.4 is 5.32 Å². The molecule has 0 aliphatic carbocycles. The Hall–Kier alpha value is -3.10. The third-order valence-corrected chi connectivity index (χ3v) is 2.72. The number of anilines is 1. The lowest BCUT2D eigenvalue weighted by atomic mass is 10.2. The maximum Gasteiger partial charge on any atom is 0.249 e. The van der Waals surface area contributed by atoms with Crippen molar-refractivity contribution < 1.29 is 13.7 Å². The molecule has 1 N–H and O–H groups in total. The second kappa shape index (κ2) is 5.72. The summed E-state index contributed by atoms with van der Waals surface area (Å²) in [5.74, 6) is 0.365. The second-order valence-corrected chi connectivity index (χ2v) is 4.52. The van der Waals surface area contributed by atoms with Crippen molar-refractivity contribution in [2.45, 2.75) is 13.5 Å². The van der Waals surface area contributed by atoms with Crippen molar-refractivity contribution in [2.24, 2.45) is 0 Å². The van der Waals surface area contributed by atoms with Crippen molar-refractivity contribution >= 4 is 11.7 Å². The molecule has 0 unspecified atom stereocenters. The lowest BCUT2D eigenvalue weighted by Crippen LogP contribution is -2.20. The summed E-state index contributed by atoms with van der Waals surface area (Å²) in [6.07, 6.45) is 0. The van der Waals surface area contributed by atoms with E-state index in [1.807, 2.05) is 0 Å². The summed E-state index contributed by atoms with van der Waals surface area (Å²) >= 11 is 0. The van der Waals surface area contributed by atoms with Gasteiger partial charge in [-0.15, -0.1) is 10.2 Å². The molecule has 0 bridgehead atoms. The van der Waals surface area contributed by atoms with Crippen molar-refractivity contribution in [3.63, 3.8) is 0 Å². The van der Waals surface area contributed by atoms with Gasteiger partial charge in [-0.25, -0.2) is 4.39 Å². The van der Waals surface area contributed by atoms with Crippen LogP contribution in [0, 0.1) is 12.7 Å². The van der Waals surface area contributed by atoms with Gasteiger partial charge in [-0.1, -0.05) is 17.3 Å². The predicted octanol–water partition coefficient (Wildman–Crippen LogP) is 1.41.